The van der Waals surface area contributed by atoms with E-state index < -0.39 is 6.09 Å². The van der Waals surface area contributed by atoms with Crippen LogP contribution < -0.4 is 5.32 Å². The first-order chi connectivity index (χ1) is 9.75. The molecule has 0 spiro atoms. The normalized spacial score (nSPS) is 26.2. The molecule has 4 heteroatoms. The highest BCUT2D eigenvalue weighted by Crippen LogP contribution is 2.45. The molecule has 0 aromatic heterocycles. The van der Waals surface area contributed by atoms with Gasteiger partial charge in [0, 0.05) is 18.5 Å². The first-order valence-electron chi connectivity index (χ1n) is 7.51. The number of nitrogens with zero attached hydrogens (tertiary/aromatic N) is 1. The molecule has 20 heavy (non-hydrogen) atoms. The predicted octanol–water partition coefficient (Wildman–Crippen LogP) is 2.52. The van der Waals surface area contributed by atoms with Crippen LogP contribution >= 0.6 is 0 Å². The highest BCUT2D eigenvalue weighted by atomic mass is 16.4. The predicted molar refractivity (Wildman–Crippen MR) is 77.9 cm³/mol. The SMILES string of the molecule is O=C(O)N(CC1CCNCC1)[C@@H]1C[C@H]1c1ccccc1. The smallest absolute Gasteiger partial charge is 0.407 e. The van der Waals surface area contributed by atoms with Crippen molar-refractivity contribution in [2.24, 2.45) is 5.92 Å². The Morgan fingerprint density at radius 2 is 1.95 bits per heavy atom. The molecule has 1 aromatic carbocycles. The lowest BCUT2D eigenvalue weighted by molar-refractivity contribution is 0.127. The van der Waals surface area contributed by atoms with E-state index in [0.717, 1.165) is 32.4 Å². The summed E-state index contributed by atoms with van der Waals surface area (Å²) in [5.41, 5.74) is 1.27. The van der Waals surface area contributed by atoms with Crippen LogP contribution in [0.25, 0.3) is 0 Å². The molecule has 1 aliphatic heterocycles. The maximum atomic E-state index is 11.5. The molecule has 1 saturated heterocycles. The molecule has 1 saturated carbocycles. The van der Waals surface area contributed by atoms with Crippen LogP contribution in [-0.2, 0) is 0 Å². The van der Waals surface area contributed by atoms with Crippen LogP contribution in [0.4, 0.5) is 4.79 Å². The van der Waals surface area contributed by atoms with Gasteiger partial charge in [-0.1, -0.05) is 30.3 Å². The Labute approximate surface area is 119 Å². The van der Waals surface area contributed by atoms with Crippen molar-refractivity contribution in [2.45, 2.75) is 31.2 Å². The summed E-state index contributed by atoms with van der Waals surface area (Å²) in [7, 11) is 0. The summed E-state index contributed by atoms with van der Waals surface area (Å²) in [4.78, 5) is 13.2. The van der Waals surface area contributed by atoms with Crippen LogP contribution in [-0.4, -0.2) is 41.8 Å². The van der Waals surface area contributed by atoms with Crippen molar-refractivity contribution in [3.05, 3.63) is 35.9 Å². The maximum Gasteiger partial charge on any atom is 0.407 e. The Morgan fingerprint density at radius 3 is 2.60 bits per heavy atom. The molecule has 4 nitrogen and oxygen atoms in total. The van der Waals surface area contributed by atoms with Crippen LogP contribution in [0, 0.1) is 5.92 Å². The Morgan fingerprint density at radius 1 is 1.25 bits per heavy atom. The third kappa shape index (κ3) is 2.96. The van der Waals surface area contributed by atoms with E-state index in [1.165, 1.54) is 5.56 Å². The van der Waals surface area contributed by atoms with Gasteiger partial charge in [0.25, 0.3) is 0 Å². The summed E-state index contributed by atoms with van der Waals surface area (Å²) in [6.45, 7) is 2.74. The third-order valence-corrected chi connectivity index (χ3v) is 4.54. The number of piperidine rings is 1. The molecule has 0 unspecified atom stereocenters. The lowest BCUT2D eigenvalue weighted by Gasteiger charge is -2.28. The fourth-order valence-electron chi connectivity index (χ4n) is 3.28. The van der Waals surface area contributed by atoms with Gasteiger partial charge in [0.2, 0.25) is 0 Å². The third-order valence-electron chi connectivity index (χ3n) is 4.54. The van der Waals surface area contributed by atoms with Gasteiger partial charge in [-0.2, -0.15) is 0 Å². The average Bonchev–Trinajstić information content (AvgIpc) is 3.27. The van der Waals surface area contributed by atoms with Gasteiger partial charge in [0.1, 0.15) is 0 Å². The second kappa shape index (κ2) is 5.83. The molecule has 0 bridgehead atoms. The Balaban J connectivity index is 1.62. The Bertz CT molecular complexity index is 457. The van der Waals surface area contributed by atoms with E-state index >= 15 is 0 Å². The van der Waals surface area contributed by atoms with Crippen molar-refractivity contribution in [3.63, 3.8) is 0 Å². The Kier molecular flexibility index (Phi) is 3.92. The number of nitrogens with one attached hydrogen (secondary N) is 1. The second-order valence-electron chi connectivity index (χ2n) is 5.95. The summed E-state index contributed by atoms with van der Waals surface area (Å²) in [5, 5.41) is 12.8. The molecule has 2 atom stereocenters. The molecule has 2 N–H and O–H groups in total. The van der Waals surface area contributed by atoms with E-state index in [4.69, 9.17) is 0 Å². The number of amides is 1. The summed E-state index contributed by atoms with van der Waals surface area (Å²) >= 11 is 0. The molecule has 108 valence electrons. The van der Waals surface area contributed by atoms with Gasteiger partial charge in [0.15, 0.2) is 0 Å². The average molecular weight is 274 g/mol. The summed E-state index contributed by atoms with van der Waals surface area (Å²) in [6.07, 6.45) is 2.40. The lowest BCUT2D eigenvalue weighted by Crippen LogP contribution is -2.40. The highest BCUT2D eigenvalue weighted by molar-refractivity contribution is 5.66. The van der Waals surface area contributed by atoms with Gasteiger partial charge < -0.3 is 15.3 Å². The number of carboxylic acid groups (broad SMARTS) is 1. The molecular weight excluding hydrogens is 252 g/mol. The first kappa shape index (κ1) is 13.4. The molecule has 1 aliphatic carbocycles. The van der Waals surface area contributed by atoms with E-state index in [1.54, 1.807) is 4.90 Å². The highest BCUT2D eigenvalue weighted by Gasteiger charge is 2.45. The zero-order chi connectivity index (χ0) is 13.9. The van der Waals surface area contributed by atoms with Crippen molar-refractivity contribution in [1.82, 2.24) is 10.2 Å². The molecule has 2 fully saturated rings. The van der Waals surface area contributed by atoms with Crippen LogP contribution in [0.5, 0.6) is 0 Å². The van der Waals surface area contributed by atoms with Crippen LogP contribution in [0.2, 0.25) is 0 Å². The molecule has 1 heterocycles. The van der Waals surface area contributed by atoms with E-state index in [0.29, 0.717) is 18.4 Å². The van der Waals surface area contributed by atoms with E-state index in [9.17, 15) is 9.90 Å². The van der Waals surface area contributed by atoms with Crippen molar-refractivity contribution >= 4 is 6.09 Å². The first-order valence-corrected chi connectivity index (χ1v) is 7.51. The molecule has 1 aromatic rings. The fraction of sp³-hybridized carbons (Fsp3) is 0.562. The van der Waals surface area contributed by atoms with Crippen molar-refractivity contribution in [1.29, 1.82) is 0 Å². The number of carbonyl (C=O) groups is 1. The molecule has 1 amide bonds. The van der Waals surface area contributed by atoms with E-state index in [-0.39, 0.29) is 6.04 Å². The number of hydrogen-bond donors (Lipinski definition) is 2. The summed E-state index contributed by atoms with van der Waals surface area (Å²) in [6, 6.07) is 10.5. The zero-order valence-corrected chi connectivity index (χ0v) is 11.7. The molecule has 3 rings (SSSR count). The van der Waals surface area contributed by atoms with Crippen LogP contribution in [0.1, 0.15) is 30.7 Å². The summed E-state index contributed by atoms with van der Waals surface area (Å²) < 4.78 is 0. The fourth-order valence-corrected chi connectivity index (χ4v) is 3.28. The van der Waals surface area contributed by atoms with Gasteiger partial charge in [-0.15, -0.1) is 0 Å². The topological polar surface area (TPSA) is 52.6 Å². The van der Waals surface area contributed by atoms with E-state index in [2.05, 4.69) is 17.4 Å². The van der Waals surface area contributed by atoms with Gasteiger partial charge in [0.05, 0.1) is 0 Å². The van der Waals surface area contributed by atoms with Crippen LogP contribution in [0.15, 0.2) is 30.3 Å². The largest absolute Gasteiger partial charge is 0.465 e. The van der Waals surface area contributed by atoms with E-state index in [1.807, 2.05) is 18.2 Å². The van der Waals surface area contributed by atoms with Crippen molar-refractivity contribution in [2.75, 3.05) is 19.6 Å². The minimum Gasteiger partial charge on any atom is -0.465 e. The standard InChI is InChI=1S/C16H22N2O2/c19-16(20)18(11-12-6-8-17-9-7-12)15-10-14(15)13-4-2-1-3-5-13/h1-5,12,14-15,17H,6-11H2,(H,19,20)/t14-,15+/m0/s1. The molecule has 0 radical (unpaired) electrons. The van der Waals surface area contributed by atoms with Crippen LogP contribution in [0.3, 0.4) is 0 Å². The maximum absolute atomic E-state index is 11.5. The molecular formula is C16H22N2O2. The Hall–Kier alpha value is -1.55. The van der Waals surface area contributed by atoms with Gasteiger partial charge in [-0.25, -0.2) is 4.79 Å². The zero-order valence-electron chi connectivity index (χ0n) is 11.7. The van der Waals surface area contributed by atoms with Crippen molar-refractivity contribution < 1.29 is 9.90 Å². The number of hydrogen-bond acceptors (Lipinski definition) is 2. The van der Waals surface area contributed by atoms with Gasteiger partial charge >= 0.3 is 6.09 Å². The minimum absolute atomic E-state index is 0.185. The van der Waals surface area contributed by atoms with Crippen molar-refractivity contribution in [3.8, 4) is 0 Å². The minimum atomic E-state index is -0.757. The lowest BCUT2D eigenvalue weighted by atomic mass is 9.97. The monoisotopic (exact) mass is 274 g/mol. The quantitative estimate of drug-likeness (QED) is 0.887. The number of rotatable bonds is 4. The second-order valence-corrected chi connectivity index (χ2v) is 5.95. The molecule has 2 aliphatic rings. The summed E-state index contributed by atoms with van der Waals surface area (Å²) in [5.74, 6) is 0.915. The number of benzene rings is 1. The van der Waals surface area contributed by atoms with Gasteiger partial charge in [-0.05, 0) is 43.8 Å². The van der Waals surface area contributed by atoms with Gasteiger partial charge in [-0.3, -0.25) is 0 Å².